The van der Waals surface area contributed by atoms with E-state index in [1.807, 2.05) is 0 Å². The Morgan fingerprint density at radius 3 is 1.05 bits per heavy atom. The Hall–Kier alpha value is -6.05. The van der Waals surface area contributed by atoms with E-state index in [0.29, 0.717) is 0 Å². The second kappa shape index (κ2) is 11.6. The fraction of sp³-hybridized carbons (Fsp3) is 0.0385. The molecule has 6 N–H and O–H groups in total. The Morgan fingerprint density at radius 1 is 0.475 bits per heavy atom. The molecule has 3 rings (SSSR count). The van der Waals surface area contributed by atoms with Gasteiger partial charge in [-0.15, -0.1) is 0 Å². The molecule has 0 saturated carbocycles. The summed E-state index contributed by atoms with van der Waals surface area (Å²) in [6, 6.07) is 8.97. The van der Waals surface area contributed by atoms with Gasteiger partial charge in [0.1, 0.15) is 0 Å². The molecule has 14 nitrogen and oxygen atoms in total. The highest BCUT2D eigenvalue weighted by molar-refractivity contribution is 6.10. The lowest BCUT2D eigenvalue weighted by Crippen LogP contribution is -2.17. The molecule has 0 atom stereocenters. The van der Waals surface area contributed by atoms with Gasteiger partial charge in [0.05, 0.1) is 34.9 Å². The highest BCUT2D eigenvalue weighted by Gasteiger charge is 2.19. The zero-order valence-electron chi connectivity index (χ0n) is 20.3. The molecule has 0 aliphatic carbocycles. The fourth-order valence-electron chi connectivity index (χ4n) is 3.43. The zero-order valence-corrected chi connectivity index (χ0v) is 20.3. The summed E-state index contributed by atoms with van der Waals surface area (Å²) >= 11 is 0. The summed E-state index contributed by atoms with van der Waals surface area (Å²) in [4.78, 5) is 83.4. The summed E-state index contributed by atoms with van der Waals surface area (Å²) in [6.07, 6.45) is 0. The number of hydrogen-bond donors (Lipinski definition) is 6. The van der Waals surface area contributed by atoms with E-state index in [0.717, 1.165) is 55.6 Å². The van der Waals surface area contributed by atoms with Crippen LogP contribution in [0, 0.1) is 0 Å². The number of methoxy groups -OCH3 is 1. The molecule has 2 amide bonds. The first-order valence-electron chi connectivity index (χ1n) is 10.9. The lowest BCUT2D eigenvalue weighted by molar-refractivity contribution is 0.0597. The lowest BCUT2D eigenvalue weighted by atomic mass is 10.0. The van der Waals surface area contributed by atoms with Crippen LogP contribution in [0.15, 0.2) is 54.6 Å². The maximum atomic E-state index is 12.9. The van der Waals surface area contributed by atoms with Gasteiger partial charge in [0, 0.05) is 22.5 Å². The Bertz CT molecular complexity index is 1440. The third-order valence-corrected chi connectivity index (χ3v) is 5.25. The van der Waals surface area contributed by atoms with Crippen molar-refractivity contribution in [1.82, 2.24) is 0 Å². The number of carbonyl (C=O) groups excluding carboxylic acids is 3. The fourth-order valence-corrected chi connectivity index (χ4v) is 3.43. The number of carbonyl (C=O) groups is 7. The first-order valence-corrected chi connectivity index (χ1v) is 10.9. The van der Waals surface area contributed by atoms with Crippen molar-refractivity contribution in [2.45, 2.75) is 0 Å². The van der Waals surface area contributed by atoms with Crippen LogP contribution in [-0.2, 0) is 4.74 Å². The van der Waals surface area contributed by atoms with Crippen LogP contribution in [0.25, 0.3) is 0 Å². The van der Waals surface area contributed by atoms with Crippen LogP contribution in [0.1, 0.15) is 72.5 Å². The Kier molecular flexibility index (Phi) is 8.24. The van der Waals surface area contributed by atoms with Crippen LogP contribution in [0.5, 0.6) is 0 Å². The molecule has 0 aromatic heterocycles. The number of esters is 1. The van der Waals surface area contributed by atoms with Crippen molar-refractivity contribution < 1.29 is 58.7 Å². The number of rotatable bonds is 9. The Labute approximate surface area is 223 Å². The van der Waals surface area contributed by atoms with Gasteiger partial charge in [-0.1, -0.05) is 0 Å². The van der Waals surface area contributed by atoms with Gasteiger partial charge >= 0.3 is 29.8 Å². The summed E-state index contributed by atoms with van der Waals surface area (Å²) in [7, 11) is 1.07. The summed E-state index contributed by atoms with van der Waals surface area (Å²) in [5, 5.41) is 41.7. The Balaban J connectivity index is 1.99. The van der Waals surface area contributed by atoms with E-state index in [4.69, 9.17) is 0 Å². The van der Waals surface area contributed by atoms with Gasteiger partial charge in [-0.25, -0.2) is 24.0 Å². The molecule has 0 radical (unpaired) electrons. The van der Waals surface area contributed by atoms with E-state index in [9.17, 15) is 54.0 Å². The van der Waals surface area contributed by atoms with E-state index in [-0.39, 0.29) is 28.1 Å². The number of nitrogens with one attached hydrogen (secondary N) is 2. The number of anilines is 2. The number of benzene rings is 3. The molecule has 3 aromatic carbocycles. The highest BCUT2D eigenvalue weighted by atomic mass is 16.5. The van der Waals surface area contributed by atoms with Gasteiger partial charge in [0.2, 0.25) is 0 Å². The first-order chi connectivity index (χ1) is 18.8. The molecule has 0 heterocycles. The number of amides is 2. The number of carboxylic acids is 4. The molecule has 0 aliphatic rings. The predicted molar refractivity (Wildman–Crippen MR) is 134 cm³/mol. The molecule has 40 heavy (non-hydrogen) atoms. The second-order valence-electron chi connectivity index (χ2n) is 8.02. The summed E-state index contributed by atoms with van der Waals surface area (Å²) < 4.78 is 4.67. The number of ether oxygens (including phenoxy) is 1. The zero-order chi connectivity index (χ0) is 29.7. The number of hydrogen-bond acceptors (Lipinski definition) is 8. The molecule has 3 aromatic rings. The summed E-state index contributed by atoms with van der Waals surface area (Å²) in [5.41, 5.74) is -2.91. The van der Waals surface area contributed by atoms with Crippen LogP contribution in [-0.4, -0.2) is 69.2 Å². The van der Waals surface area contributed by atoms with Crippen LogP contribution in [0.4, 0.5) is 11.4 Å². The maximum Gasteiger partial charge on any atom is 0.337 e. The molecule has 0 spiro atoms. The molecule has 14 heteroatoms. The minimum atomic E-state index is -1.48. The molecular formula is C26H18N2O12. The number of carboxylic acid groups (broad SMARTS) is 4. The van der Waals surface area contributed by atoms with Crippen molar-refractivity contribution in [2.24, 2.45) is 0 Å². The van der Waals surface area contributed by atoms with Crippen molar-refractivity contribution in [3.63, 3.8) is 0 Å². The van der Waals surface area contributed by atoms with Crippen molar-refractivity contribution in [3.8, 4) is 0 Å². The highest BCUT2D eigenvalue weighted by Crippen LogP contribution is 2.23. The van der Waals surface area contributed by atoms with Gasteiger partial charge in [0.25, 0.3) is 11.8 Å². The third-order valence-electron chi connectivity index (χ3n) is 5.25. The van der Waals surface area contributed by atoms with Crippen LogP contribution < -0.4 is 10.6 Å². The average Bonchev–Trinajstić information content (AvgIpc) is 2.91. The first kappa shape index (κ1) is 28.5. The van der Waals surface area contributed by atoms with E-state index < -0.39 is 63.9 Å². The standard InChI is InChI=1S/C26H18N2O12/c1-40-26(39)17-8-18(27-20(29)11-2-13(22(31)32)6-14(3-11)23(33)34)10-19(9-17)28-21(30)12-4-15(24(35)36)7-16(5-12)25(37)38/h2-10H,1H3,(H,27,29)(H,28,30)(H,31,32)(H,33,34)(H,35,36)(H,37,38). The number of aromatic carboxylic acids is 4. The van der Waals surface area contributed by atoms with E-state index >= 15 is 0 Å². The van der Waals surface area contributed by atoms with Gasteiger partial charge in [-0.2, -0.15) is 0 Å². The minimum absolute atomic E-state index is 0.105. The van der Waals surface area contributed by atoms with Gasteiger partial charge in [0.15, 0.2) is 0 Å². The molecule has 0 unspecified atom stereocenters. The van der Waals surface area contributed by atoms with Crippen LogP contribution in [0.2, 0.25) is 0 Å². The monoisotopic (exact) mass is 550 g/mol. The normalized spacial score (nSPS) is 10.2. The SMILES string of the molecule is COC(=O)c1cc(NC(=O)c2cc(C(=O)O)cc(C(=O)O)c2)cc(NC(=O)c2cc(C(=O)O)cc(C(=O)O)c2)c1. The van der Waals surface area contributed by atoms with Crippen LogP contribution >= 0.6 is 0 Å². The second-order valence-corrected chi connectivity index (χ2v) is 8.02. The van der Waals surface area contributed by atoms with E-state index in [2.05, 4.69) is 15.4 Å². The van der Waals surface area contributed by atoms with Crippen molar-refractivity contribution in [2.75, 3.05) is 17.7 Å². The van der Waals surface area contributed by atoms with E-state index in [1.54, 1.807) is 0 Å². The summed E-state index contributed by atoms with van der Waals surface area (Å²) in [5.74, 6) is -8.70. The molecule has 0 aliphatic heterocycles. The lowest BCUT2D eigenvalue weighted by Gasteiger charge is -2.13. The summed E-state index contributed by atoms with van der Waals surface area (Å²) in [6.45, 7) is 0. The molecule has 204 valence electrons. The molecule has 0 bridgehead atoms. The molecule has 0 saturated heterocycles. The van der Waals surface area contributed by atoms with E-state index in [1.165, 1.54) is 6.07 Å². The van der Waals surface area contributed by atoms with Crippen molar-refractivity contribution in [1.29, 1.82) is 0 Å². The topological polar surface area (TPSA) is 234 Å². The quantitative estimate of drug-likeness (QED) is 0.211. The average molecular weight is 550 g/mol. The predicted octanol–water partition coefficient (Wildman–Crippen LogP) is 2.77. The smallest absolute Gasteiger partial charge is 0.337 e. The van der Waals surface area contributed by atoms with Gasteiger partial charge in [-0.05, 0) is 54.6 Å². The molecular weight excluding hydrogens is 532 g/mol. The maximum absolute atomic E-state index is 12.9. The molecule has 0 fully saturated rings. The van der Waals surface area contributed by atoms with Crippen molar-refractivity contribution >= 4 is 53.0 Å². The largest absolute Gasteiger partial charge is 0.478 e. The van der Waals surface area contributed by atoms with Gasteiger partial charge < -0.3 is 35.8 Å². The third kappa shape index (κ3) is 6.63. The van der Waals surface area contributed by atoms with Crippen molar-refractivity contribution in [3.05, 3.63) is 93.5 Å². The Morgan fingerprint density at radius 2 is 0.775 bits per heavy atom. The van der Waals surface area contributed by atoms with Gasteiger partial charge in [-0.3, -0.25) is 9.59 Å². The minimum Gasteiger partial charge on any atom is -0.478 e. The van der Waals surface area contributed by atoms with Crippen LogP contribution in [0.3, 0.4) is 0 Å².